The maximum absolute atomic E-state index is 12.4. The van der Waals surface area contributed by atoms with Crippen molar-refractivity contribution in [1.29, 1.82) is 0 Å². The minimum absolute atomic E-state index is 0.110. The third-order valence-electron chi connectivity index (χ3n) is 3.58. The smallest absolute Gasteiger partial charge is 0.334 e. The van der Waals surface area contributed by atoms with Gasteiger partial charge in [0.2, 0.25) is 0 Å². The molecule has 0 radical (unpaired) electrons. The molecule has 0 aliphatic carbocycles. The largest absolute Gasteiger partial charge is 0.352 e. The van der Waals surface area contributed by atoms with Crippen LogP contribution in [-0.4, -0.2) is 35.9 Å². The van der Waals surface area contributed by atoms with E-state index in [1.807, 2.05) is 0 Å². The number of aromatic nitrogens is 4. The molecule has 3 aromatic rings. The van der Waals surface area contributed by atoms with Crippen molar-refractivity contribution in [3.63, 3.8) is 0 Å². The summed E-state index contributed by atoms with van der Waals surface area (Å²) in [6.45, 7) is 0. The molecule has 3 rings (SSSR count). The molecule has 0 bridgehead atoms. The number of rotatable bonds is 5. The number of benzene rings is 1. The molecular weight excluding hydrogens is 373 g/mol. The van der Waals surface area contributed by atoms with Gasteiger partial charge in [0.15, 0.2) is 11.6 Å². The average Bonchev–Trinajstić information content (AvgIpc) is 2.66. The Kier molecular flexibility index (Phi) is 5.22. The van der Waals surface area contributed by atoms with Crippen molar-refractivity contribution in [2.24, 2.45) is 0 Å². The van der Waals surface area contributed by atoms with E-state index in [1.54, 1.807) is 30.3 Å². The molecule has 0 fully saturated rings. The van der Waals surface area contributed by atoms with Gasteiger partial charge in [0.1, 0.15) is 11.3 Å². The van der Waals surface area contributed by atoms with E-state index in [9.17, 15) is 23.9 Å². The summed E-state index contributed by atoms with van der Waals surface area (Å²) in [6.07, 6.45) is 2.47. The third kappa shape index (κ3) is 4.32. The van der Waals surface area contributed by atoms with Crippen molar-refractivity contribution >= 4 is 13.5 Å². The predicted octanol–water partition coefficient (Wildman–Crippen LogP) is 0.833. The van der Waals surface area contributed by atoms with Gasteiger partial charge >= 0.3 is 7.60 Å². The molecule has 1 unspecified atom stereocenters. The van der Waals surface area contributed by atoms with Crippen LogP contribution >= 0.6 is 7.60 Å². The Labute approximate surface area is 152 Å². The van der Waals surface area contributed by atoms with Crippen LogP contribution in [-0.2, 0) is 4.57 Å². The highest BCUT2D eigenvalue weighted by atomic mass is 31.2. The summed E-state index contributed by atoms with van der Waals surface area (Å²) in [5, 5.41) is 9.67. The van der Waals surface area contributed by atoms with Crippen molar-refractivity contribution in [3.8, 4) is 11.5 Å². The maximum Gasteiger partial charge on any atom is 0.352 e. The molecule has 2 heterocycles. The normalized spacial score (nSPS) is 12.4. The van der Waals surface area contributed by atoms with E-state index in [0.717, 1.165) is 6.20 Å². The van der Waals surface area contributed by atoms with E-state index in [1.165, 1.54) is 18.3 Å². The minimum atomic E-state index is -4.73. The SMILES string of the molecule is O=C(NC(c1ccccc1)P(=O)(O)O)c1cnc(-c2cccnn2)[nH]c1=O. The van der Waals surface area contributed by atoms with E-state index >= 15 is 0 Å². The van der Waals surface area contributed by atoms with Gasteiger partial charge in [-0.25, -0.2) is 4.98 Å². The number of hydrogen-bond acceptors (Lipinski definition) is 6. The van der Waals surface area contributed by atoms with Crippen LogP contribution in [0.1, 0.15) is 21.7 Å². The zero-order chi connectivity index (χ0) is 19.4. The fourth-order valence-corrected chi connectivity index (χ4v) is 3.16. The first-order valence-corrected chi connectivity index (χ1v) is 9.33. The lowest BCUT2D eigenvalue weighted by molar-refractivity contribution is 0.0941. The molecule has 0 saturated carbocycles. The molecule has 4 N–H and O–H groups in total. The Bertz CT molecular complexity index is 1050. The van der Waals surface area contributed by atoms with Crippen LogP contribution in [0.15, 0.2) is 59.7 Å². The summed E-state index contributed by atoms with van der Waals surface area (Å²) in [7, 11) is -4.73. The zero-order valence-corrected chi connectivity index (χ0v) is 14.6. The molecule has 1 aromatic carbocycles. The molecule has 138 valence electrons. The van der Waals surface area contributed by atoms with Gasteiger partial charge < -0.3 is 20.1 Å². The second-order valence-electron chi connectivity index (χ2n) is 5.46. The van der Waals surface area contributed by atoms with Crippen molar-refractivity contribution in [1.82, 2.24) is 25.5 Å². The first-order chi connectivity index (χ1) is 12.9. The Balaban J connectivity index is 1.89. The number of nitrogens with zero attached hydrogens (tertiary/aromatic N) is 3. The van der Waals surface area contributed by atoms with Crippen molar-refractivity contribution in [3.05, 3.63) is 76.3 Å². The third-order valence-corrected chi connectivity index (χ3v) is 4.68. The fraction of sp³-hybridized carbons (Fsp3) is 0.0625. The van der Waals surface area contributed by atoms with Crippen LogP contribution in [0.5, 0.6) is 0 Å². The Hall–Kier alpha value is -3.20. The molecule has 2 aromatic heterocycles. The summed E-state index contributed by atoms with van der Waals surface area (Å²) in [5.41, 5.74) is -0.656. The summed E-state index contributed by atoms with van der Waals surface area (Å²) < 4.78 is 11.8. The minimum Gasteiger partial charge on any atom is -0.334 e. The van der Waals surface area contributed by atoms with Crippen molar-refractivity contribution < 1.29 is 19.1 Å². The molecule has 0 aliphatic rings. The zero-order valence-electron chi connectivity index (χ0n) is 13.7. The lowest BCUT2D eigenvalue weighted by atomic mass is 10.2. The van der Waals surface area contributed by atoms with E-state index in [2.05, 4.69) is 25.5 Å². The highest BCUT2D eigenvalue weighted by Crippen LogP contribution is 2.49. The molecule has 1 amide bonds. The molecule has 0 aliphatic heterocycles. The van der Waals surface area contributed by atoms with Crippen LogP contribution in [0.25, 0.3) is 11.5 Å². The molecule has 11 heteroatoms. The standard InChI is InChI=1S/C16H14N5O5P/c22-14-11(9-17-13(19-14)12-7-4-8-18-21-12)15(23)20-16(27(24,25)26)10-5-2-1-3-6-10/h1-9,16H,(H,20,23)(H,17,19,22)(H2,24,25,26). The van der Waals surface area contributed by atoms with E-state index in [4.69, 9.17) is 0 Å². The monoisotopic (exact) mass is 387 g/mol. The summed E-state index contributed by atoms with van der Waals surface area (Å²) in [5.74, 6) is -2.45. The summed E-state index contributed by atoms with van der Waals surface area (Å²) in [4.78, 5) is 50.1. The van der Waals surface area contributed by atoms with E-state index in [-0.39, 0.29) is 11.4 Å². The molecule has 27 heavy (non-hydrogen) atoms. The Morgan fingerprint density at radius 1 is 1.15 bits per heavy atom. The van der Waals surface area contributed by atoms with Crippen LogP contribution in [0.3, 0.4) is 0 Å². The molecular formula is C16H14N5O5P. The first kappa shape index (κ1) is 18.6. The fourth-order valence-electron chi connectivity index (χ4n) is 2.31. The van der Waals surface area contributed by atoms with Crippen molar-refractivity contribution in [2.45, 2.75) is 5.78 Å². The number of amides is 1. The maximum atomic E-state index is 12.4. The highest BCUT2D eigenvalue weighted by molar-refractivity contribution is 7.52. The number of H-pyrrole nitrogens is 1. The van der Waals surface area contributed by atoms with Crippen molar-refractivity contribution in [2.75, 3.05) is 0 Å². The topological polar surface area (TPSA) is 158 Å². The van der Waals surface area contributed by atoms with Crippen LogP contribution in [0.2, 0.25) is 0 Å². The number of hydrogen-bond donors (Lipinski definition) is 4. The highest BCUT2D eigenvalue weighted by Gasteiger charge is 2.32. The second-order valence-corrected chi connectivity index (χ2v) is 7.15. The van der Waals surface area contributed by atoms with Gasteiger partial charge in [-0.15, -0.1) is 5.10 Å². The first-order valence-electron chi connectivity index (χ1n) is 7.64. The van der Waals surface area contributed by atoms with Gasteiger partial charge in [-0.3, -0.25) is 14.2 Å². The number of nitrogens with one attached hydrogen (secondary N) is 2. The number of carbonyl (C=O) groups excluding carboxylic acids is 1. The predicted molar refractivity (Wildman–Crippen MR) is 94.6 cm³/mol. The van der Waals surface area contributed by atoms with Crippen LogP contribution in [0, 0.1) is 0 Å². The summed E-state index contributed by atoms with van der Waals surface area (Å²) in [6, 6.07) is 10.9. The van der Waals surface area contributed by atoms with Crippen LogP contribution < -0.4 is 10.9 Å². The molecule has 10 nitrogen and oxygen atoms in total. The van der Waals surface area contributed by atoms with Gasteiger partial charge in [-0.05, 0) is 17.7 Å². The summed E-state index contributed by atoms with van der Waals surface area (Å²) >= 11 is 0. The second kappa shape index (κ2) is 7.58. The van der Waals surface area contributed by atoms with Crippen LogP contribution in [0.4, 0.5) is 0 Å². The Morgan fingerprint density at radius 3 is 2.48 bits per heavy atom. The molecule has 1 atom stereocenters. The lowest BCUT2D eigenvalue weighted by Crippen LogP contribution is -2.33. The van der Waals surface area contributed by atoms with Gasteiger partial charge in [0.05, 0.1) is 0 Å². The van der Waals surface area contributed by atoms with Gasteiger partial charge in [-0.2, -0.15) is 5.10 Å². The number of carbonyl (C=O) groups is 1. The quantitative estimate of drug-likeness (QED) is 0.469. The van der Waals surface area contributed by atoms with E-state index in [0.29, 0.717) is 5.69 Å². The van der Waals surface area contributed by atoms with Gasteiger partial charge in [0, 0.05) is 12.4 Å². The molecule has 0 saturated heterocycles. The van der Waals surface area contributed by atoms with Gasteiger partial charge in [0.25, 0.3) is 11.5 Å². The number of aromatic amines is 1. The van der Waals surface area contributed by atoms with E-state index < -0.39 is 30.4 Å². The lowest BCUT2D eigenvalue weighted by Gasteiger charge is -2.20. The Morgan fingerprint density at radius 2 is 1.89 bits per heavy atom. The average molecular weight is 387 g/mol. The van der Waals surface area contributed by atoms with Gasteiger partial charge in [-0.1, -0.05) is 30.3 Å². The molecule has 0 spiro atoms.